The molecule has 2 aromatic carbocycles. The number of nitrogens with zero attached hydrogens (tertiary/aromatic N) is 6. The summed E-state index contributed by atoms with van der Waals surface area (Å²) in [6.07, 6.45) is 3.53. The molecule has 2 aromatic heterocycles. The fourth-order valence-corrected chi connectivity index (χ4v) is 5.94. The van der Waals surface area contributed by atoms with E-state index in [4.69, 9.17) is 31.5 Å². The number of nitrogens with one attached hydrogen (secondary N) is 2. The molecule has 0 bridgehead atoms. The van der Waals surface area contributed by atoms with E-state index >= 15 is 0 Å². The van der Waals surface area contributed by atoms with E-state index in [-0.39, 0.29) is 35.5 Å². The molecule has 2 saturated carbocycles. The smallest absolute Gasteiger partial charge is 0.414 e. The van der Waals surface area contributed by atoms with Crippen molar-refractivity contribution >= 4 is 79.9 Å². The third kappa shape index (κ3) is 6.29. The van der Waals surface area contributed by atoms with Gasteiger partial charge >= 0.3 is 12.2 Å². The first-order chi connectivity index (χ1) is 24.1. The van der Waals surface area contributed by atoms with Crippen molar-refractivity contribution in [1.82, 2.24) is 9.97 Å². The Labute approximate surface area is 284 Å². The molecule has 252 valence electrons. The summed E-state index contributed by atoms with van der Waals surface area (Å²) in [4.78, 5) is 59.1. The van der Waals surface area contributed by atoms with Crippen LogP contribution in [0.25, 0.3) is 21.5 Å². The van der Waals surface area contributed by atoms with Crippen molar-refractivity contribution in [3.63, 3.8) is 0 Å². The fraction of sp³-hybridized carbons (Fsp3) is 0.294. The van der Waals surface area contributed by atoms with Gasteiger partial charge in [0.05, 0.1) is 48.9 Å². The standard InChI is InChI=1S/2C17H15N5O3/c2*18-7-10-4-12(10)16(23)21-15-5-9-3-11(22-1-2-25-17(22)24)6-14(19)13(9)8-20-15/h2*3,5-6,8,10,12H,1-2,4,19H2,(H,20,21,23)/t2*10-,12+/m10/s1. The molecule has 2 aliphatic heterocycles. The Kier molecular flexibility index (Phi) is 8.12. The Balaban J connectivity index is 0.000000157. The average Bonchev–Trinajstić information content (AvgIpc) is 3.99. The van der Waals surface area contributed by atoms with Gasteiger partial charge in [-0.15, -0.1) is 0 Å². The Morgan fingerprint density at radius 2 is 1.14 bits per heavy atom. The van der Waals surface area contributed by atoms with E-state index < -0.39 is 12.2 Å². The van der Waals surface area contributed by atoms with E-state index in [1.54, 1.807) is 36.7 Å². The molecule has 50 heavy (non-hydrogen) atoms. The molecule has 4 fully saturated rings. The average molecular weight is 675 g/mol. The summed E-state index contributed by atoms with van der Waals surface area (Å²) < 4.78 is 9.91. The SMILES string of the molecule is N#C[C@@H]1C[C@H]1C(=O)Nc1cc2cc(N3CCOC3=O)cc(N)c2cn1.N#C[C@H]1C[C@@H]1C(=O)Nc1cc2cc(N3CCOC3=O)cc(N)c2cn1. The Morgan fingerprint density at radius 3 is 1.48 bits per heavy atom. The summed E-state index contributed by atoms with van der Waals surface area (Å²) in [6.45, 7) is 1.62. The number of nitriles is 2. The van der Waals surface area contributed by atoms with Crippen LogP contribution in [0, 0.1) is 46.3 Å². The normalized spacial score (nSPS) is 21.7. The van der Waals surface area contributed by atoms with Gasteiger partial charge in [-0.1, -0.05) is 0 Å². The van der Waals surface area contributed by atoms with Crippen molar-refractivity contribution in [1.29, 1.82) is 10.5 Å². The van der Waals surface area contributed by atoms with Crippen molar-refractivity contribution in [2.24, 2.45) is 23.7 Å². The number of ether oxygens (including phenoxy) is 2. The lowest BCUT2D eigenvalue weighted by Crippen LogP contribution is -2.23. The van der Waals surface area contributed by atoms with E-state index in [9.17, 15) is 19.2 Å². The summed E-state index contributed by atoms with van der Waals surface area (Å²) in [5.41, 5.74) is 14.4. The number of rotatable bonds is 6. The predicted molar refractivity (Wildman–Crippen MR) is 181 cm³/mol. The molecule has 4 aliphatic rings. The van der Waals surface area contributed by atoms with E-state index in [0.29, 0.717) is 73.5 Å². The minimum Gasteiger partial charge on any atom is -0.447 e. The van der Waals surface area contributed by atoms with Crippen LogP contribution in [0.4, 0.5) is 44.0 Å². The molecule has 16 heteroatoms. The van der Waals surface area contributed by atoms with Gasteiger partial charge in [0.15, 0.2) is 0 Å². The number of hydrogen-bond acceptors (Lipinski definition) is 12. The molecular formula is C34H30N10O6. The zero-order chi connectivity index (χ0) is 35.1. The van der Waals surface area contributed by atoms with Crippen LogP contribution in [0.5, 0.6) is 0 Å². The summed E-state index contributed by atoms with van der Waals surface area (Å²) in [5.74, 6) is -0.566. The quantitative estimate of drug-likeness (QED) is 0.214. The number of fused-ring (bicyclic) bond motifs is 2. The number of carbonyl (C=O) groups is 4. The molecular weight excluding hydrogens is 644 g/mol. The lowest BCUT2D eigenvalue weighted by Gasteiger charge is -2.15. The van der Waals surface area contributed by atoms with E-state index in [0.717, 1.165) is 21.5 Å². The molecule has 0 unspecified atom stereocenters. The molecule has 4 amide bonds. The number of anilines is 6. The first kappa shape index (κ1) is 31.9. The number of benzene rings is 2. The lowest BCUT2D eigenvalue weighted by molar-refractivity contribution is -0.118. The monoisotopic (exact) mass is 674 g/mol. The Hall–Kier alpha value is -6.68. The maximum Gasteiger partial charge on any atom is 0.414 e. The van der Waals surface area contributed by atoms with Crippen molar-refractivity contribution in [3.05, 3.63) is 48.8 Å². The van der Waals surface area contributed by atoms with Gasteiger partial charge in [0, 0.05) is 45.9 Å². The van der Waals surface area contributed by atoms with Crippen LogP contribution in [0.1, 0.15) is 12.8 Å². The van der Waals surface area contributed by atoms with Gasteiger partial charge in [0.2, 0.25) is 11.8 Å². The molecule has 4 atom stereocenters. The van der Waals surface area contributed by atoms with Crippen LogP contribution in [-0.2, 0) is 19.1 Å². The van der Waals surface area contributed by atoms with Gasteiger partial charge in [-0.2, -0.15) is 10.5 Å². The summed E-state index contributed by atoms with van der Waals surface area (Å²) >= 11 is 0. The highest BCUT2D eigenvalue weighted by atomic mass is 16.6. The highest BCUT2D eigenvalue weighted by Gasteiger charge is 2.44. The number of carbonyl (C=O) groups excluding carboxylic acids is 4. The van der Waals surface area contributed by atoms with Crippen molar-refractivity contribution in [2.45, 2.75) is 12.8 Å². The van der Waals surface area contributed by atoms with Crippen LogP contribution in [0.2, 0.25) is 0 Å². The lowest BCUT2D eigenvalue weighted by atomic mass is 10.1. The van der Waals surface area contributed by atoms with Gasteiger partial charge in [0.1, 0.15) is 24.8 Å². The highest BCUT2D eigenvalue weighted by Crippen LogP contribution is 2.40. The number of nitrogens with two attached hydrogens (primary N) is 2. The second-order valence-electron chi connectivity index (χ2n) is 12.3. The molecule has 4 aromatic rings. The van der Waals surface area contributed by atoms with Crippen LogP contribution in [0.3, 0.4) is 0 Å². The number of nitrogen functional groups attached to an aromatic ring is 2. The Morgan fingerprint density at radius 1 is 0.720 bits per heavy atom. The number of pyridine rings is 2. The molecule has 0 spiro atoms. The number of amides is 4. The summed E-state index contributed by atoms with van der Waals surface area (Å²) in [5, 5.41) is 26.1. The molecule has 4 heterocycles. The maximum atomic E-state index is 12.1. The number of aromatic nitrogens is 2. The largest absolute Gasteiger partial charge is 0.447 e. The second-order valence-corrected chi connectivity index (χ2v) is 12.3. The molecule has 6 N–H and O–H groups in total. The first-order valence-corrected chi connectivity index (χ1v) is 15.8. The third-order valence-electron chi connectivity index (χ3n) is 8.94. The number of cyclic esters (lactones) is 2. The molecule has 8 rings (SSSR count). The second kappa shape index (κ2) is 12.7. The predicted octanol–water partition coefficient (Wildman–Crippen LogP) is 3.74. The van der Waals surface area contributed by atoms with Crippen LogP contribution in [-0.4, -0.2) is 60.3 Å². The van der Waals surface area contributed by atoms with Gasteiger partial charge in [-0.3, -0.25) is 19.4 Å². The minimum atomic E-state index is -0.405. The first-order valence-electron chi connectivity index (χ1n) is 15.8. The van der Waals surface area contributed by atoms with Gasteiger partial charge in [-0.05, 0) is 60.0 Å². The minimum absolute atomic E-state index is 0.203. The molecule has 16 nitrogen and oxygen atoms in total. The Bertz CT molecular complexity index is 2020. The molecule has 2 saturated heterocycles. The van der Waals surface area contributed by atoms with Gasteiger partial charge in [0.25, 0.3) is 0 Å². The highest BCUT2D eigenvalue weighted by molar-refractivity contribution is 6.03. The zero-order valence-electron chi connectivity index (χ0n) is 26.5. The maximum absolute atomic E-state index is 12.1. The third-order valence-corrected chi connectivity index (χ3v) is 8.94. The van der Waals surface area contributed by atoms with Crippen LogP contribution >= 0.6 is 0 Å². The zero-order valence-corrected chi connectivity index (χ0v) is 26.5. The van der Waals surface area contributed by atoms with Crippen LogP contribution < -0.4 is 31.9 Å². The van der Waals surface area contributed by atoms with E-state index in [1.807, 2.05) is 12.1 Å². The van der Waals surface area contributed by atoms with E-state index in [2.05, 4.69) is 32.7 Å². The molecule has 0 radical (unpaired) electrons. The number of hydrogen-bond donors (Lipinski definition) is 4. The van der Waals surface area contributed by atoms with Crippen molar-refractivity contribution in [2.75, 3.05) is 58.2 Å². The van der Waals surface area contributed by atoms with Crippen LogP contribution in [0.15, 0.2) is 48.8 Å². The topological polar surface area (TPSA) is 243 Å². The fourth-order valence-electron chi connectivity index (χ4n) is 5.94. The van der Waals surface area contributed by atoms with Crippen molar-refractivity contribution in [3.8, 4) is 12.1 Å². The van der Waals surface area contributed by atoms with Gasteiger partial charge < -0.3 is 31.6 Å². The van der Waals surface area contributed by atoms with Gasteiger partial charge in [-0.25, -0.2) is 19.6 Å². The summed E-state index contributed by atoms with van der Waals surface area (Å²) in [6, 6.07) is 14.6. The molecule has 2 aliphatic carbocycles. The summed E-state index contributed by atoms with van der Waals surface area (Å²) in [7, 11) is 0. The van der Waals surface area contributed by atoms with Crippen molar-refractivity contribution < 1.29 is 28.7 Å². The van der Waals surface area contributed by atoms with E-state index in [1.165, 1.54) is 9.80 Å².